The Morgan fingerprint density at radius 1 is 1.16 bits per heavy atom. The largest absolute Gasteiger partial charge is 0.493 e. The molecule has 31 heavy (non-hydrogen) atoms. The highest BCUT2D eigenvalue weighted by Crippen LogP contribution is 2.35. The predicted molar refractivity (Wildman–Crippen MR) is 119 cm³/mol. The molecule has 5 nitrogen and oxygen atoms in total. The second-order valence-corrected chi connectivity index (χ2v) is 8.52. The first-order valence-electron chi connectivity index (χ1n) is 11.0. The second kappa shape index (κ2) is 10.1. The van der Waals surface area contributed by atoms with Gasteiger partial charge in [0.05, 0.1) is 26.8 Å². The minimum absolute atomic E-state index is 0.0255. The zero-order chi connectivity index (χ0) is 22.5. The van der Waals surface area contributed by atoms with Gasteiger partial charge in [-0.3, -0.25) is 4.79 Å². The van der Waals surface area contributed by atoms with Crippen molar-refractivity contribution in [2.24, 2.45) is 5.92 Å². The van der Waals surface area contributed by atoms with E-state index in [1.807, 2.05) is 26.0 Å². The summed E-state index contributed by atoms with van der Waals surface area (Å²) in [6, 6.07) is 10.9. The number of amides is 1. The van der Waals surface area contributed by atoms with Crippen LogP contribution in [0.2, 0.25) is 0 Å². The molecule has 168 valence electrons. The maximum atomic E-state index is 13.4. The van der Waals surface area contributed by atoms with Crippen LogP contribution < -0.4 is 19.7 Å². The Morgan fingerprint density at radius 3 is 2.39 bits per heavy atom. The molecular weight excluding hydrogens is 395 g/mol. The smallest absolute Gasteiger partial charge is 0.222 e. The number of benzene rings is 2. The number of carbonyl (C=O) groups is 1. The van der Waals surface area contributed by atoms with E-state index >= 15 is 0 Å². The fraction of sp³-hybridized carbons (Fsp3) is 0.480. The molecule has 0 spiro atoms. The minimum Gasteiger partial charge on any atom is -0.493 e. The molecule has 0 radical (unpaired) electrons. The van der Waals surface area contributed by atoms with E-state index in [-0.39, 0.29) is 29.7 Å². The molecule has 3 atom stereocenters. The normalized spacial score (nSPS) is 18.9. The van der Waals surface area contributed by atoms with Crippen molar-refractivity contribution >= 4 is 5.91 Å². The van der Waals surface area contributed by atoms with Gasteiger partial charge in [-0.2, -0.15) is 0 Å². The van der Waals surface area contributed by atoms with Crippen LogP contribution in [0.5, 0.6) is 11.5 Å². The van der Waals surface area contributed by atoms with Crippen LogP contribution in [0.15, 0.2) is 36.4 Å². The Labute approximate surface area is 184 Å². The van der Waals surface area contributed by atoms with Crippen molar-refractivity contribution in [3.05, 3.63) is 58.9 Å². The van der Waals surface area contributed by atoms with Crippen molar-refractivity contribution in [2.45, 2.75) is 52.2 Å². The first-order chi connectivity index (χ1) is 14.9. The number of fused-ring (bicyclic) bond motifs is 1. The highest BCUT2D eigenvalue weighted by molar-refractivity contribution is 5.78. The maximum absolute atomic E-state index is 13.4. The number of rotatable bonds is 8. The molecule has 1 aliphatic heterocycles. The highest BCUT2D eigenvalue weighted by atomic mass is 19.1. The van der Waals surface area contributed by atoms with Gasteiger partial charge in [-0.25, -0.2) is 4.39 Å². The van der Waals surface area contributed by atoms with E-state index in [2.05, 4.69) is 24.4 Å². The summed E-state index contributed by atoms with van der Waals surface area (Å²) < 4.78 is 24.5. The molecule has 1 heterocycles. The van der Waals surface area contributed by atoms with Crippen LogP contribution >= 0.6 is 0 Å². The number of ether oxygens (including phenoxy) is 2. The summed E-state index contributed by atoms with van der Waals surface area (Å²) in [7, 11) is 3.29. The Bertz CT molecular complexity index is 898. The van der Waals surface area contributed by atoms with Gasteiger partial charge in [0, 0.05) is 23.5 Å². The minimum atomic E-state index is -0.230. The number of carbonyl (C=O) groups excluding carboxylic acids is 1. The summed E-state index contributed by atoms with van der Waals surface area (Å²) in [6.07, 6.45) is 1.71. The lowest BCUT2D eigenvalue weighted by Gasteiger charge is -2.39. The number of halogens is 1. The van der Waals surface area contributed by atoms with Gasteiger partial charge in [0.1, 0.15) is 18.4 Å². The highest BCUT2D eigenvalue weighted by Gasteiger charge is 2.38. The zero-order valence-electron chi connectivity index (χ0n) is 19.1. The molecule has 0 aromatic heterocycles. The fourth-order valence-corrected chi connectivity index (χ4v) is 4.45. The third-order valence-electron chi connectivity index (χ3n) is 6.17. The molecule has 0 bridgehead atoms. The van der Waals surface area contributed by atoms with Gasteiger partial charge in [0.15, 0.2) is 11.5 Å². The van der Waals surface area contributed by atoms with Gasteiger partial charge in [-0.05, 0) is 36.2 Å². The summed E-state index contributed by atoms with van der Waals surface area (Å²) in [6.45, 7) is 7.60. The van der Waals surface area contributed by atoms with E-state index < -0.39 is 0 Å². The summed E-state index contributed by atoms with van der Waals surface area (Å²) in [5.41, 5.74) is 3.48. The molecule has 1 unspecified atom stereocenters. The van der Waals surface area contributed by atoms with Crippen LogP contribution in [0.1, 0.15) is 49.9 Å². The molecule has 3 rings (SSSR count). The van der Waals surface area contributed by atoms with E-state index in [1.54, 1.807) is 14.2 Å². The first kappa shape index (κ1) is 23.1. The van der Waals surface area contributed by atoms with Crippen LogP contribution in [0.3, 0.4) is 0 Å². The van der Waals surface area contributed by atoms with E-state index in [1.165, 1.54) is 28.2 Å². The molecule has 0 saturated heterocycles. The molecule has 0 saturated carbocycles. The fourth-order valence-electron chi connectivity index (χ4n) is 4.45. The van der Waals surface area contributed by atoms with Crippen molar-refractivity contribution in [3.63, 3.8) is 0 Å². The topological polar surface area (TPSA) is 52.0 Å². The number of hydrogen-bond donors (Lipinski definition) is 2. The van der Waals surface area contributed by atoms with Crippen LogP contribution in [-0.2, 0) is 17.8 Å². The summed E-state index contributed by atoms with van der Waals surface area (Å²) in [4.78, 5) is 13.9. The van der Waals surface area contributed by atoms with Crippen LogP contribution in [0.25, 0.3) is 0 Å². The molecule has 1 amide bonds. The van der Waals surface area contributed by atoms with Crippen LogP contribution in [-0.4, -0.2) is 32.7 Å². The van der Waals surface area contributed by atoms with Gasteiger partial charge in [0.25, 0.3) is 0 Å². The van der Waals surface area contributed by atoms with Crippen molar-refractivity contribution in [1.29, 1.82) is 0 Å². The monoisotopic (exact) mass is 429 g/mol. The Morgan fingerprint density at radius 2 is 1.81 bits per heavy atom. The second-order valence-electron chi connectivity index (χ2n) is 8.52. The van der Waals surface area contributed by atoms with E-state index in [0.717, 1.165) is 37.2 Å². The Kier molecular flexibility index (Phi) is 7.55. The molecule has 2 aromatic carbocycles. The van der Waals surface area contributed by atoms with E-state index in [9.17, 15) is 9.18 Å². The summed E-state index contributed by atoms with van der Waals surface area (Å²) in [5, 5.41) is 3.28. The lowest BCUT2D eigenvalue weighted by molar-refractivity contribution is -0.948. The number of hydrogen-bond acceptors (Lipinski definition) is 3. The van der Waals surface area contributed by atoms with E-state index in [0.29, 0.717) is 5.75 Å². The van der Waals surface area contributed by atoms with Gasteiger partial charge in [0.2, 0.25) is 5.91 Å². The quantitative estimate of drug-likeness (QED) is 0.678. The number of nitrogens with one attached hydrogen (secondary N) is 2. The van der Waals surface area contributed by atoms with Gasteiger partial charge in [-0.1, -0.05) is 32.9 Å². The standard InChI is InChI=1S/C25H33FN2O3/c1-6-21(27-25(29)16(2)3)24-20-14-23(31-5)22(30-4)13-18(20)11-12-28(24)15-17-7-9-19(26)10-8-17/h7-10,13-14,16,21,24H,6,11-12,15H2,1-5H3,(H,27,29)/p+1/t21-,24-/m0/s1. The van der Waals surface area contributed by atoms with Crippen LogP contribution in [0, 0.1) is 11.7 Å². The van der Waals surface area contributed by atoms with E-state index in [4.69, 9.17) is 9.47 Å². The predicted octanol–water partition coefficient (Wildman–Crippen LogP) is 3.08. The van der Waals surface area contributed by atoms with Crippen molar-refractivity contribution in [2.75, 3.05) is 20.8 Å². The molecule has 1 aliphatic rings. The van der Waals surface area contributed by atoms with Crippen molar-refractivity contribution in [1.82, 2.24) is 5.32 Å². The average molecular weight is 430 g/mol. The van der Waals surface area contributed by atoms with Gasteiger partial charge in [-0.15, -0.1) is 0 Å². The van der Waals surface area contributed by atoms with Crippen molar-refractivity contribution in [3.8, 4) is 11.5 Å². The molecule has 2 aromatic rings. The molecule has 0 fully saturated rings. The summed E-state index contributed by atoms with van der Waals surface area (Å²) >= 11 is 0. The summed E-state index contributed by atoms with van der Waals surface area (Å²) in [5.74, 6) is 1.16. The Hall–Kier alpha value is -2.60. The lowest BCUT2D eigenvalue weighted by atomic mass is 9.86. The van der Waals surface area contributed by atoms with Gasteiger partial charge >= 0.3 is 0 Å². The molecule has 2 N–H and O–H groups in total. The lowest BCUT2D eigenvalue weighted by Crippen LogP contribution is -3.13. The number of methoxy groups -OCH3 is 2. The molecule has 6 heteroatoms. The van der Waals surface area contributed by atoms with Gasteiger partial charge < -0.3 is 19.7 Å². The maximum Gasteiger partial charge on any atom is 0.222 e. The van der Waals surface area contributed by atoms with Crippen molar-refractivity contribution < 1.29 is 23.6 Å². The average Bonchev–Trinajstić information content (AvgIpc) is 2.77. The molecule has 0 aliphatic carbocycles. The van der Waals surface area contributed by atoms with Crippen LogP contribution in [0.4, 0.5) is 4.39 Å². The number of quaternary nitrogens is 1. The molecular formula is C25H34FN2O3+. The third-order valence-corrected chi connectivity index (χ3v) is 6.17. The Balaban J connectivity index is 2.02. The SMILES string of the molecule is CC[C@H](NC(=O)C(C)C)[C@@H]1c2cc(OC)c(OC)cc2CC[NH+]1Cc1ccc(F)cc1. The first-order valence-corrected chi connectivity index (χ1v) is 11.0. The zero-order valence-corrected chi connectivity index (χ0v) is 19.1. The third kappa shape index (κ3) is 5.18.